The first-order chi connectivity index (χ1) is 11.9. The van der Waals surface area contributed by atoms with Crippen LogP contribution in [0.25, 0.3) is 0 Å². The Morgan fingerprint density at radius 1 is 1.04 bits per heavy atom. The van der Waals surface area contributed by atoms with Gasteiger partial charge in [0.1, 0.15) is 29.0 Å². The van der Waals surface area contributed by atoms with Crippen LogP contribution in [-0.2, 0) is 9.59 Å². The van der Waals surface area contributed by atoms with Gasteiger partial charge in [-0.2, -0.15) is 0 Å². The molecule has 1 aliphatic heterocycles. The van der Waals surface area contributed by atoms with Crippen molar-refractivity contribution < 1.29 is 27.2 Å². The molecule has 0 radical (unpaired) electrons. The number of para-hydroxylation sites is 1. The molecule has 1 unspecified atom stereocenters. The second-order valence-electron chi connectivity index (χ2n) is 5.59. The van der Waals surface area contributed by atoms with E-state index >= 15 is 0 Å². The molecule has 3 rings (SSSR count). The Labute approximate surface area is 140 Å². The summed E-state index contributed by atoms with van der Waals surface area (Å²) in [5.41, 5.74) is -0.759. The normalized spacial score (nSPS) is 17.0. The van der Waals surface area contributed by atoms with Crippen LogP contribution in [0.1, 0.15) is 6.42 Å². The summed E-state index contributed by atoms with van der Waals surface area (Å²) >= 11 is 0. The molecule has 1 N–H and O–H groups in total. The highest BCUT2D eigenvalue weighted by Crippen LogP contribution is 2.29. The van der Waals surface area contributed by atoms with Crippen LogP contribution in [0.5, 0.6) is 0 Å². The second-order valence-corrected chi connectivity index (χ2v) is 5.59. The maximum atomic E-state index is 13.8. The summed E-state index contributed by atoms with van der Waals surface area (Å²) in [5.74, 6) is -5.84. The molecule has 25 heavy (non-hydrogen) atoms. The molecular weight excluding hydrogens is 340 g/mol. The largest absolute Gasteiger partial charge is 0.321 e. The molecule has 0 aromatic heterocycles. The van der Waals surface area contributed by atoms with Gasteiger partial charge in [-0.1, -0.05) is 6.07 Å². The van der Waals surface area contributed by atoms with Gasteiger partial charge in [-0.25, -0.2) is 17.6 Å². The maximum absolute atomic E-state index is 13.8. The van der Waals surface area contributed by atoms with Crippen LogP contribution in [-0.4, -0.2) is 18.4 Å². The van der Waals surface area contributed by atoms with Crippen molar-refractivity contribution in [3.8, 4) is 0 Å². The van der Waals surface area contributed by atoms with Crippen LogP contribution in [0.3, 0.4) is 0 Å². The van der Waals surface area contributed by atoms with Crippen molar-refractivity contribution in [2.75, 3.05) is 16.8 Å². The summed E-state index contributed by atoms with van der Waals surface area (Å²) in [6.45, 7) is -0.177. The van der Waals surface area contributed by atoms with E-state index < -0.39 is 46.7 Å². The van der Waals surface area contributed by atoms with Crippen LogP contribution in [0.2, 0.25) is 0 Å². The first-order valence-corrected chi connectivity index (χ1v) is 7.37. The van der Waals surface area contributed by atoms with Crippen LogP contribution < -0.4 is 10.2 Å². The lowest BCUT2D eigenvalue weighted by Crippen LogP contribution is -2.29. The summed E-state index contributed by atoms with van der Waals surface area (Å²) in [4.78, 5) is 25.3. The standard InChI is InChI=1S/C17H12F4N2O2/c18-10-4-5-14(13(21)7-10)23-8-9(6-15(23)24)17(25)22-16-11(19)2-1-3-12(16)20/h1-5,7,9H,6,8H2,(H,22,25). The van der Waals surface area contributed by atoms with Crippen LogP contribution in [0.15, 0.2) is 36.4 Å². The number of hydrogen-bond donors (Lipinski definition) is 1. The average molecular weight is 352 g/mol. The molecule has 1 saturated heterocycles. The van der Waals surface area contributed by atoms with Crippen molar-refractivity contribution in [1.29, 1.82) is 0 Å². The van der Waals surface area contributed by atoms with Crippen molar-refractivity contribution >= 4 is 23.2 Å². The quantitative estimate of drug-likeness (QED) is 0.863. The van der Waals surface area contributed by atoms with Gasteiger partial charge in [0, 0.05) is 19.0 Å². The number of carbonyl (C=O) groups excluding carboxylic acids is 2. The number of nitrogens with zero attached hydrogens (tertiary/aromatic N) is 1. The Hall–Kier alpha value is -2.90. The lowest BCUT2D eigenvalue weighted by molar-refractivity contribution is -0.122. The predicted molar refractivity (Wildman–Crippen MR) is 81.8 cm³/mol. The molecular formula is C17H12F4N2O2. The first kappa shape index (κ1) is 16.9. The van der Waals surface area contributed by atoms with E-state index in [4.69, 9.17) is 0 Å². The zero-order valence-corrected chi connectivity index (χ0v) is 12.7. The third-order valence-corrected chi connectivity index (χ3v) is 3.91. The smallest absolute Gasteiger partial charge is 0.229 e. The molecule has 1 atom stereocenters. The van der Waals surface area contributed by atoms with E-state index in [1.807, 2.05) is 0 Å². The number of benzene rings is 2. The molecule has 0 bridgehead atoms. The zero-order chi connectivity index (χ0) is 18.1. The highest BCUT2D eigenvalue weighted by molar-refractivity contribution is 6.03. The fourth-order valence-corrected chi connectivity index (χ4v) is 2.66. The molecule has 0 saturated carbocycles. The van der Waals surface area contributed by atoms with E-state index in [1.54, 1.807) is 0 Å². The van der Waals surface area contributed by atoms with Crippen molar-refractivity contribution in [1.82, 2.24) is 0 Å². The molecule has 8 heteroatoms. The fraction of sp³-hybridized carbons (Fsp3) is 0.176. The van der Waals surface area contributed by atoms with Gasteiger partial charge >= 0.3 is 0 Å². The minimum absolute atomic E-state index is 0.154. The van der Waals surface area contributed by atoms with Crippen LogP contribution >= 0.6 is 0 Å². The van der Waals surface area contributed by atoms with Gasteiger partial charge < -0.3 is 10.2 Å². The van der Waals surface area contributed by atoms with E-state index in [1.165, 1.54) is 0 Å². The van der Waals surface area contributed by atoms with Crippen molar-refractivity contribution in [3.63, 3.8) is 0 Å². The highest BCUT2D eigenvalue weighted by Gasteiger charge is 2.36. The number of carbonyl (C=O) groups is 2. The number of halogens is 4. The monoisotopic (exact) mass is 352 g/mol. The third-order valence-electron chi connectivity index (χ3n) is 3.91. The van der Waals surface area contributed by atoms with E-state index in [9.17, 15) is 27.2 Å². The molecule has 1 aliphatic rings. The summed E-state index contributed by atoms with van der Waals surface area (Å²) in [6.07, 6.45) is -0.251. The summed E-state index contributed by atoms with van der Waals surface area (Å²) in [5, 5.41) is 2.12. The summed E-state index contributed by atoms with van der Waals surface area (Å²) < 4.78 is 54.0. The topological polar surface area (TPSA) is 49.4 Å². The lowest BCUT2D eigenvalue weighted by Gasteiger charge is -2.17. The van der Waals surface area contributed by atoms with Crippen molar-refractivity contribution in [3.05, 3.63) is 59.7 Å². The Balaban J connectivity index is 1.77. The van der Waals surface area contributed by atoms with Crippen LogP contribution in [0.4, 0.5) is 28.9 Å². The molecule has 4 nitrogen and oxygen atoms in total. The Morgan fingerprint density at radius 3 is 2.36 bits per heavy atom. The van der Waals surface area contributed by atoms with E-state index in [2.05, 4.69) is 5.32 Å². The summed E-state index contributed by atoms with van der Waals surface area (Å²) in [6, 6.07) is 5.84. The van der Waals surface area contributed by atoms with Crippen LogP contribution in [0, 0.1) is 29.2 Å². The van der Waals surface area contributed by atoms with E-state index in [0.29, 0.717) is 6.07 Å². The van der Waals surface area contributed by atoms with Gasteiger partial charge in [0.05, 0.1) is 11.6 Å². The minimum atomic E-state index is -0.945. The van der Waals surface area contributed by atoms with Gasteiger partial charge in [-0.15, -0.1) is 0 Å². The van der Waals surface area contributed by atoms with Crippen molar-refractivity contribution in [2.45, 2.75) is 6.42 Å². The summed E-state index contributed by atoms with van der Waals surface area (Å²) in [7, 11) is 0. The minimum Gasteiger partial charge on any atom is -0.321 e. The third kappa shape index (κ3) is 3.33. The van der Waals surface area contributed by atoms with Gasteiger partial charge in [0.2, 0.25) is 11.8 Å². The first-order valence-electron chi connectivity index (χ1n) is 7.37. The number of hydrogen-bond acceptors (Lipinski definition) is 2. The van der Waals surface area contributed by atoms with E-state index in [-0.39, 0.29) is 18.7 Å². The molecule has 0 spiro atoms. The Morgan fingerprint density at radius 2 is 1.72 bits per heavy atom. The SMILES string of the molecule is O=C(Nc1c(F)cccc1F)C1CC(=O)N(c2ccc(F)cc2F)C1. The predicted octanol–water partition coefficient (Wildman–Crippen LogP) is 3.23. The molecule has 1 heterocycles. The molecule has 2 aromatic rings. The highest BCUT2D eigenvalue weighted by atomic mass is 19.1. The molecule has 1 fully saturated rings. The van der Waals surface area contributed by atoms with Gasteiger partial charge in [0.15, 0.2) is 0 Å². The number of anilines is 2. The number of amides is 2. The second kappa shape index (κ2) is 6.54. The Kier molecular flexibility index (Phi) is 4.43. The average Bonchev–Trinajstić information content (AvgIpc) is 2.93. The van der Waals surface area contributed by atoms with Gasteiger partial charge in [0.25, 0.3) is 0 Å². The number of nitrogens with one attached hydrogen (secondary N) is 1. The van der Waals surface area contributed by atoms with Crippen molar-refractivity contribution in [2.24, 2.45) is 5.92 Å². The Bertz CT molecular complexity index is 836. The fourth-order valence-electron chi connectivity index (χ4n) is 2.66. The zero-order valence-electron chi connectivity index (χ0n) is 12.7. The maximum Gasteiger partial charge on any atom is 0.229 e. The lowest BCUT2D eigenvalue weighted by atomic mass is 10.1. The number of rotatable bonds is 3. The molecule has 2 aromatic carbocycles. The molecule has 2 amide bonds. The molecule has 0 aliphatic carbocycles. The van der Waals surface area contributed by atoms with Gasteiger partial charge in [-0.05, 0) is 24.3 Å². The van der Waals surface area contributed by atoms with Gasteiger partial charge in [-0.3, -0.25) is 9.59 Å². The van der Waals surface area contributed by atoms with E-state index in [0.717, 1.165) is 35.2 Å². The molecule has 130 valence electrons.